The second-order valence-corrected chi connectivity index (χ2v) is 5.85. The third-order valence-corrected chi connectivity index (χ3v) is 3.97. The van der Waals surface area contributed by atoms with E-state index in [2.05, 4.69) is 20.7 Å². The fourth-order valence-electron chi connectivity index (χ4n) is 2.83. The highest BCUT2D eigenvalue weighted by Gasteiger charge is 2.22. The summed E-state index contributed by atoms with van der Waals surface area (Å²) < 4.78 is 2.12. The molecule has 0 N–H and O–H groups in total. The van der Waals surface area contributed by atoms with E-state index >= 15 is 0 Å². The first-order chi connectivity index (χ1) is 9.72. The fraction of sp³-hybridized carbons (Fsp3) is 0.467. The quantitative estimate of drug-likeness (QED) is 0.796. The zero-order valence-corrected chi connectivity index (χ0v) is 12.3. The van der Waals surface area contributed by atoms with E-state index in [-0.39, 0.29) is 5.38 Å². The highest BCUT2D eigenvalue weighted by atomic mass is 35.5. The van der Waals surface area contributed by atoms with E-state index < -0.39 is 0 Å². The minimum absolute atomic E-state index is 0.184. The van der Waals surface area contributed by atoms with Gasteiger partial charge in [0.15, 0.2) is 0 Å². The second-order valence-electron chi connectivity index (χ2n) is 5.20. The topological polar surface area (TPSA) is 44.9 Å². The van der Waals surface area contributed by atoms with Crippen LogP contribution in [0, 0.1) is 11.3 Å². The lowest BCUT2D eigenvalue weighted by molar-refractivity contribution is 0.475. The van der Waals surface area contributed by atoms with Gasteiger partial charge in [0, 0.05) is 13.1 Å². The number of rotatable bonds is 2. The van der Waals surface area contributed by atoms with Crippen molar-refractivity contribution >= 4 is 22.6 Å². The summed E-state index contributed by atoms with van der Waals surface area (Å²) in [5, 5.41) is 11.4. The molecule has 1 unspecified atom stereocenters. The van der Waals surface area contributed by atoms with Crippen LogP contribution in [0.5, 0.6) is 0 Å². The normalized spacial score (nSPS) is 17.1. The van der Waals surface area contributed by atoms with Crippen molar-refractivity contribution in [2.24, 2.45) is 0 Å². The summed E-state index contributed by atoms with van der Waals surface area (Å²) in [6.45, 7) is 3.95. The average Bonchev–Trinajstić information content (AvgIpc) is 2.87. The average molecular weight is 289 g/mol. The van der Waals surface area contributed by atoms with Crippen LogP contribution in [0.25, 0.3) is 11.0 Å². The Kier molecular flexibility index (Phi) is 3.54. The highest BCUT2D eigenvalue weighted by Crippen LogP contribution is 2.27. The van der Waals surface area contributed by atoms with Crippen molar-refractivity contribution < 1.29 is 0 Å². The minimum Gasteiger partial charge on any atom is -0.311 e. The summed E-state index contributed by atoms with van der Waals surface area (Å²) in [5.74, 6) is 0.825. The zero-order chi connectivity index (χ0) is 14.1. The number of benzene rings is 1. The van der Waals surface area contributed by atoms with Gasteiger partial charge in [0.1, 0.15) is 17.4 Å². The van der Waals surface area contributed by atoms with E-state index in [1.807, 2.05) is 19.1 Å². The second kappa shape index (κ2) is 5.34. The molecule has 1 aliphatic rings. The van der Waals surface area contributed by atoms with E-state index in [1.54, 1.807) is 6.07 Å². The molecule has 1 aliphatic heterocycles. The molecule has 1 aromatic carbocycles. The molecule has 0 amide bonds. The smallest absolute Gasteiger partial charge is 0.146 e. The van der Waals surface area contributed by atoms with Crippen LogP contribution < -0.4 is 5.01 Å². The molecule has 0 radical (unpaired) electrons. The van der Waals surface area contributed by atoms with Crippen molar-refractivity contribution in [1.82, 2.24) is 9.66 Å². The van der Waals surface area contributed by atoms with Gasteiger partial charge in [-0.05, 0) is 38.3 Å². The van der Waals surface area contributed by atoms with E-state index in [0.29, 0.717) is 5.56 Å². The van der Waals surface area contributed by atoms with Gasteiger partial charge in [0.25, 0.3) is 0 Å². The molecule has 104 valence electrons. The Bertz CT molecular complexity index is 662. The molecule has 3 rings (SSSR count). The lowest BCUT2D eigenvalue weighted by Crippen LogP contribution is -2.40. The van der Waals surface area contributed by atoms with Gasteiger partial charge in [-0.2, -0.15) is 5.26 Å². The van der Waals surface area contributed by atoms with Gasteiger partial charge in [-0.3, -0.25) is 0 Å². The van der Waals surface area contributed by atoms with E-state index in [0.717, 1.165) is 29.9 Å². The molecule has 4 nitrogen and oxygen atoms in total. The lowest BCUT2D eigenvalue weighted by atomic mass is 10.1. The minimum atomic E-state index is -0.184. The SMILES string of the molecule is CC(Cl)c1nc2c(C#N)cccc2n1N1CCCCC1. The first-order valence-electron chi connectivity index (χ1n) is 7.03. The number of nitriles is 1. The van der Waals surface area contributed by atoms with E-state index in [9.17, 15) is 5.26 Å². The molecule has 0 spiro atoms. The summed E-state index contributed by atoms with van der Waals surface area (Å²) in [5.41, 5.74) is 2.34. The van der Waals surface area contributed by atoms with Gasteiger partial charge in [0.05, 0.1) is 16.5 Å². The van der Waals surface area contributed by atoms with Gasteiger partial charge in [-0.15, -0.1) is 11.6 Å². The Balaban J connectivity index is 2.22. The Morgan fingerprint density at radius 2 is 2.05 bits per heavy atom. The number of alkyl halides is 1. The van der Waals surface area contributed by atoms with Crippen LogP contribution in [0.2, 0.25) is 0 Å². The summed E-state index contributed by atoms with van der Waals surface area (Å²) >= 11 is 6.30. The zero-order valence-electron chi connectivity index (χ0n) is 11.5. The highest BCUT2D eigenvalue weighted by molar-refractivity contribution is 6.20. The maximum Gasteiger partial charge on any atom is 0.146 e. The molecule has 0 saturated carbocycles. The first-order valence-corrected chi connectivity index (χ1v) is 7.47. The van der Waals surface area contributed by atoms with Crippen molar-refractivity contribution in [2.45, 2.75) is 31.6 Å². The number of fused-ring (bicyclic) bond motifs is 1. The summed E-state index contributed by atoms with van der Waals surface area (Å²) in [6, 6.07) is 7.94. The van der Waals surface area contributed by atoms with E-state index in [1.165, 1.54) is 19.3 Å². The molecule has 1 fully saturated rings. The van der Waals surface area contributed by atoms with Crippen LogP contribution in [0.15, 0.2) is 18.2 Å². The van der Waals surface area contributed by atoms with Crippen molar-refractivity contribution in [1.29, 1.82) is 5.26 Å². The molecule has 1 aromatic heterocycles. The molecular weight excluding hydrogens is 272 g/mol. The fourth-order valence-corrected chi connectivity index (χ4v) is 2.97. The summed E-state index contributed by atoms with van der Waals surface area (Å²) in [7, 11) is 0. The number of hydrogen-bond donors (Lipinski definition) is 0. The molecule has 2 heterocycles. The van der Waals surface area contributed by atoms with E-state index in [4.69, 9.17) is 11.6 Å². The number of para-hydroxylation sites is 1. The predicted molar refractivity (Wildman–Crippen MR) is 80.5 cm³/mol. The molecule has 20 heavy (non-hydrogen) atoms. The molecule has 0 aliphatic carbocycles. The number of nitrogens with zero attached hydrogens (tertiary/aromatic N) is 4. The van der Waals surface area contributed by atoms with Gasteiger partial charge in [0.2, 0.25) is 0 Å². The third kappa shape index (κ3) is 2.12. The number of imidazole rings is 1. The van der Waals surface area contributed by atoms with Crippen LogP contribution in [0.3, 0.4) is 0 Å². The Morgan fingerprint density at radius 1 is 1.30 bits per heavy atom. The van der Waals surface area contributed by atoms with Gasteiger partial charge in [-0.25, -0.2) is 9.66 Å². The molecule has 5 heteroatoms. The first kappa shape index (κ1) is 13.3. The van der Waals surface area contributed by atoms with Crippen molar-refractivity contribution in [3.8, 4) is 6.07 Å². The van der Waals surface area contributed by atoms with Crippen molar-refractivity contribution in [2.75, 3.05) is 18.1 Å². The van der Waals surface area contributed by atoms with Crippen LogP contribution in [0.1, 0.15) is 43.0 Å². The lowest BCUT2D eigenvalue weighted by Gasteiger charge is -2.31. The largest absolute Gasteiger partial charge is 0.311 e. The van der Waals surface area contributed by atoms with Gasteiger partial charge in [-0.1, -0.05) is 6.07 Å². The molecule has 1 saturated heterocycles. The maximum atomic E-state index is 9.24. The Morgan fingerprint density at radius 3 is 2.70 bits per heavy atom. The third-order valence-electron chi connectivity index (χ3n) is 3.78. The van der Waals surface area contributed by atoms with Crippen LogP contribution in [-0.4, -0.2) is 22.7 Å². The predicted octanol–water partition coefficient (Wildman–Crippen LogP) is 3.33. The number of aromatic nitrogens is 2. The molecule has 1 atom stereocenters. The van der Waals surface area contributed by atoms with Crippen molar-refractivity contribution in [3.63, 3.8) is 0 Å². The summed E-state index contributed by atoms with van der Waals surface area (Å²) in [6.07, 6.45) is 3.65. The number of halogens is 1. The number of piperidine rings is 1. The molecule has 0 bridgehead atoms. The standard InChI is InChI=1S/C15H17ClN4/c1-11(16)15-18-14-12(10-17)6-5-7-13(14)20(15)19-8-3-2-4-9-19/h5-7,11H,2-4,8-9H2,1H3. The van der Waals surface area contributed by atoms with Gasteiger partial charge < -0.3 is 5.01 Å². The Hall–Kier alpha value is -1.73. The van der Waals surface area contributed by atoms with Crippen LogP contribution in [-0.2, 0) is 0 Å². The van der Waals surface area contributed by atoms with Crippen LogP contribution >= 0.6 is 11.6 Å². The van der Waals surface area contributed by atoms with Gasteiger partial charge >= 0.3 is 0 Å². The van der Waals surface area contributed by atoms with Crippen molar-refractivity contribution in [3.05, 3.63) is 29.6 Å². The number of hydrogen-bond acceptors (Lipinski definition) is 3. The van der Waals surface area contributed by atoms with Crippen LogP contribution in [0.4, 0.5) is 0 Å². The molecular formula is C15H17ClN4. The molecule has 2 aromatic rings. The summed E-state index contributed by atoms with van der Waals surface area (Å²) in [4.78, 5) is 4.63. The monoisotopic (exact) mass is 288 g/mol. The maximum absolute atomic E-state index is 9.24. The Labute approximate surface area is 123 Å².